The van der Waals surface area contributed by atoms with Gasteiger partial charge in [0.2, 0.25) is 5.95 Å². The molecule has 2 N–H and O–H groups in total. The van der Waals surface area contributed by atoms with Gasteiger partial charge in [0.25, 0.3) is 0 Å². The van der Waals surface area contributed by atoms with Crippen LogP contribution in [0, 0.1) is 5.82 Å². The van der Waals surface area contributed by atoms with E-state index in [1.165, 1.54) is 12.3 Å². The van der Waals surface area contributed by atoms with E-state index < -0.39 is 5.82 Å². The van der Waals surface area contributed by atoms with Gasteiger partial charge in [-0.15, -0.1) is 0 Å². The largest absolute Gasteiger partial charge is 0.368 e. The molecule has 25 heavy (non-hydrogen) atoms. The summed E-state index contributed by atoms with van der Waals surface area (Å²) >= 11 is 5.77. The lowest BCUT2D eigenvalue weighted by molar-refractivity contribution is 0.625. The Kier molecular flexibility index (Phi) is 3.74. The Labute approximate surface area is 147 Å². The van der Waals surface area contributed by atoms with Gasteiger partial charge in [-0.3, -0.25) is 0 Å². The molecule has 0 radical (unpaired) electrons. The Balaban J connectivity index is 1.99. The van der Waals surface area contributed by atoms with Crippen molar-refractivity contribution in [1.29, 1.82) is 0 Å². The number of pyridine rings is 2. The van der Waals surface area contributed by atoms with Gasteiger partial charge in [-0.2, -0.15) is 0 Å². The highest BCUT2D eigenvalue weighted by molar-refractivity contribution is 6.29. The van der Waals surface area contributed by atoms with E-state index in [0.29, 0.717) is 22.4 Å². The molecule has 0 aliphatic heterocycles. The van der Waals surface area contributed by atoms with Gasteiger partial charge in [0.15, 0.2) is 11.0 Å². The summed E-state index contributed by atoms with van der Waals surface area (Å²) in [6.07, 6.45) is 1.43. The van der Waals surface area contributed by atoms with E-state index >= 15 is 0 Å². The number of aromatic nitrogens is 4. The van der Waals surface area contributed by atoms with E-state index in [-0.39, 0.29) is 16.7 Å². The minimum absolute atomic E-state index is 0.152. The lowest BCUT2D eigenvalue weighted by Gasteiger charge is -2.09. The van der Waals surface area contributed by atoms with Crippen molar-refractivity contribution in [2.24, 2.45) is 0 Å². The number of nitrogen functional groups attached to an aromatic ring is 1. The monoisotopic (exact) mass is 351 g/mol. The van der Waals surface area contributed by atoms with E-state index in [1.807, 2.05) is 30.3 Å². The Bertz CT molecular complexity index is 1090. The predicted molar refractivity (Wildman–Crippen MR) is 95.4 cm³/mol. The molecule has 0 saturated heterocycles. The van der Waals surface area contributed by atoms with Crippen molar-refractivity contribution in [3.8, 4) is 22.5 Å². The fourth-order valence-electron chi connectivity index (χ4n) is 2.60. The normalized spacial score (nSPS) is 11.0. The summed E-state index contributed by atoms with van der Waals surface area (Å²) in [5.74, 6) is -0.465. The van der Waals surface area contributed by atoms with Crippen molar-refractivity contribution in [2.75, 3.05) is 5.73 Å². The first-order valence-corrected chi connectivity index (χ1v) is 7.81. The second-order valence-electron chi connectivity index (χ2n) is 5.32. The first kappa shape index (κ1) is 15.4. The van der Waals surface area contributed by atoms with E-state index in [1.54, 1.807) is 12.1 Å². The molecule has 4 rings (SSSR count). The van der Waals surface area contributed by atoms with Gasteiger partial charge in [-0.25, -0.2) is 24.3 Å². The Morgan fingerprint density at radius 2 is 1.72 bits per heavy atom. The maximum Gasteiger partial charge on any atom is 0.221 e. The molecule has 0 unspecified atom stereocenters. The van der Waals surface area contributed by atoms with Crippen LogP contribution in [0.5, 0.6) is 0 Å². The minimum Gasteiger partial charge on any atom is -0.368 e. The molecule has 0 atom stereocenters. The maximum absolute atomic E-state index is 14.3. The highest BCUT2D eigenvalue weighted by atomic mass is 35.5. The third-order valence-electron chi connectivity index (χ3n) is 3.73. The van der Waals surface area contributed by atoms with Crippen LogP contribution in [-0.4, -0.2) is 19.9 Å². The third-order valence-corrected chi connectivity index (χ3v) is 3.99. The van der Waals surface area contributed by atoms with Gasteiger partial charge in [-0.1, -0.05) is 41.9 Å². The molecule has 0 spiro atoms. The fourth-order valence-corrected chi connectivity index (χ4v) is 2.75. The fraction of sp³-hybridized carbons (Fsp3) is 0. The Morgan fingerprint density at radius 1 is 0.920 bits per heavy atom. The minimum atomic E-state index is -0.617. The molecule has 0 aliphatic carbocycles. The average Bonchev–Trinajstić information content (AvgIpc) is 2.64. The number of benzene rings is 1. The van der Waals surface area contributed by atoms with Crippen LogP contribution in [0.4, 0.5) is 10.3 Å². The van der Waals surface area contributed by atoms with Crippen LogP contribution in [0.2, 0.25) is 5.15 Å². The molecular formula is C18H11ClFN5. The van der Waals surface area contributed by atoms with Crippen molar-refractivity contribution < 1.29 is 4.39 Å². The number of hydrogen-bond donors (Lipinski definition) is 1. The highest BCUT2D eigenvalue weighted by Crippen LogP contribution is 2.30. The summed E-state index contributed by atoms with van der Waals surface area (Å²) in [7, 11) is 0. The number of nitrogens with two attached hydrogens (primary N) is 1. The molecule has 0 amide bonds. The maximum atomic E-state index is 14.3. The van der Waals surface area contributed by atoms with Crippen LogP contribution < -0.4 is 5.73 Å². The molecule has 3 heterocycles. The lowest BCUT2D eigenvalue weighted by Crippen LogP contribution is -2.00. The molecule has 3 aromatic heterocycles. The van der Waals surface area contributed by atoms with Crippen molar-refractivity contribution in [3.05, 3.63) is 65.7 Å². The zero-order chi connectivity index (χ0) is 17.4. The molecule has 1 aromatic carbocycles. The van der Waals surface area contributed by atoms with E-state index in [9.17, 15) is 4.39 Å². The number of fused-ring (bicyclic) bond motifs is 1. The third kappa shape index (κ3) is 2.77. The summed E-state index contributed by atoms with van der Waals surface area (Å²) in [5.41, 5.74) is 9.04. The second kappa shape index (κ2) is 6.07. The van der Waals surface area contributed by atoms with Gasteiger partial charge in [0.1, 0.15) is 11.2 Å². The van der Waals surface area contributed by atoms with Gasteiger partial charge in [-0.05, 0) is 18.2 Å². The Hall–Kier alpha value is -3.12. The quantitative estimate of drug-likeness (QED) is 0.549. The van der Waals surface area contributed by atoms with Crippen molar-refractivity contribution in [2.45, 2.75) is 0 Å². The summed E-state index contributed by atoms with van der Waals surface area (Å²) in [6, 6.07) is 14.4. The lowest BCUT2D eigenvalue weighted by atomic mass is 10.1. The predicted octanol–water partition coefficient (Wildman–Crippen LogP) is 4.13. The first-order valence-electron chi connectivity index (χ1n) is 7.43. The second-order valence-corrected chi connectivity index (χ2v) is 5.68. The van der Waals surface area contributed by atoms with Crippen LogP contribution in [0.3, 0.4) is 0 Å². The number of nitrogens with zero attached hydrogens (tertiary/aromatic N) is 4. The zero-order valence-electron chi connectivity index (χ0n) is 12.8. The number of rotatable bonds is 2. The van der Waals surface area contributed by atoms with Gasteiger partial charge >= 0.3 is 0 Å². The van der Waals surface area contributed by atoms with Crippen LogP contribution in [0.25, 0.3) is 33.5 Å². The molecule has 0 fully saturated rings. The van der Waals surface area contributed by atoms with Crippen LogP contribution in [0.1, 0.15) is 0 Å². The molecular weight excluding hydrogens is 341 g/mol. The smallest absolute Gasteiger partial charge is 0.221 e. The van der Waals surface area contributed by atoms with Crippen molar-refractivity contribution in [1.82, 2.24) is 19.9 Å². The van der Waals surface area contributed by atoms with E-state index in [4.69, 9.17) is 17.3 Å². The van der Waals surface area contributed by atoms with Crippen molar-refractivity contribution >= 4 is 28.6 Å². The van der Waals surface area contributed by atoms with Gasteiger partial charge in [0, 0.05) is 17.3 Å². The Morgan fingerprint density at radius 3 is 2.52 bits per heavy atom. The molecule has 0 saturated carbocycles. The number of anilines is 1. The van der Waals surface area contributed by atoms with Crippen LogP contribution in [0.15, 0.2) is 54.7 Å². The summed E-state index contributed by atoms with van der Waals surface area (Å²) < 4.78 is 14.3. The van der Waals surface area contributed by atoms with E-state index in [2.05, 4.69) is 19.9 Å². The van der Waals surface area contributed by atoms with Crippen molar-refractivity contribution in [3.63, 3.8) is 0 Å². The summed E-state index contributed by atoms with van der Waals surface area (Å²) in [5, 5.41) is -0.198. The first-order chi connectivity index (χ1) is 12.1. The van der Waals surface area contributed by atoms with Gasteiger partial charge < -0.3 is 5.73 Å². The van der Waals surface area contributed by atoms with Gasteiger partial charge in [0.05, 0.1) is 11.2 Å². The van der Waals surface area contributed by atoms with Crippen LogP contribution in [-0.2, 0) is 0 Å². The molecule has 0 aliphatic rings. The zero-order valence-corrected chi connectivity index (χ0v) is 13.6. The molecule has 4 aromatic rings. The summed E-state index contributed by atoms with van der Waals surface area (Å²) in [6.45, 7) is 0. The summed E-state index contributed by atoms with van der Waals surface area (Å²) in [4.78, 5) is 16.8. The molecule has 0 bridgehead atoms. The standard InChI is InChI=1S/C18H11ClFN5/c19-17-14(20)11(8-9-22-17)12-6-7-13-16(23-12)15(25-18(21)24-13)10-4-2-1-3-5-10/h1-9H,(H2,21,24,25). The number of hydrogen-bond acceptors (Lipinski definition) is 5. The molecule has 7 heteroatoms. The SMILES string of the molecule is Nc1nc(-c2ccccc2)c2nc(-c3ccnc(Cl)c3F)ccc2n1. The highest BCUT2D eigenvalue weighted by Gasteiger charge is 2.15. The molecule has 122 valence electrons. The number of halogens is 2. The average molecular weight is 352 g/mol. The topological polar surface area (TPSA) is 77.6 Å². The van der Waals surface area contributed by atoms with E-state index in [0.717, 1.165) is 5.56 Å². The van der Waals surface area contributed by atoms with Crippen LogP contribution >= 0.6 is 11.6 Å². The molecule has 5 nitrogen and oxygen atoms in total.